The van der Waals surface area contributed by atoms with Crippen LogP contribution in [0.15, 0.2) is 66.9 Å². The first-order valence-corrected chi connectivity index (χ1v) is 9.35. The van der Waals surface area contributed by atoms with Gasteiger partial charge < -0.3 is 4.90 Å². The molecule has 0 aliphatic carbocycles. The highest BCUT2D eigenvalue weighted by Crippen LogP contribution is 2.26. The number of anilines is 1. The fourth-order valence-electron chi connectivity index (χ4n) is 3.70. The third-order valence-electron chi connectivity index (χ3n) is 5.20. The van der Waals surface area contributed by atoms with Gasteiger partial charge in [-0.05, 0) is 30.0 Å². The molecule has 27 heavy (non-hydrogen) atoms. The average molecular weight is 361 g/mol. The minimum absolute atomic E-state index is 0.0977. The molecule has 2 fully saturated rings. The molecule has 0 aromatic heterocycles. The van der Waals surface area contributed by atoms with Crippen LogP contribution in [0, 0.1) is 0 Å². The molecule has 1 atom stereocenters. The van der Waals surface area contributed by atoms with Crippen molar-refractivity contribution >= 4 is 23.6 Å². The van der Waals surface area contributed by atoms with E-state index in [1.807, 2.05) is 48.5 Å². The Morgan fingerprint density at radius 2 is 1.44 bits per heavy atom. The van der Waals surface area contributed by atoms with Gasteiger partial charge in [0, 0.05) is 26.2 Å². The third kappa shape index (κ3) is 3.78. The molecule has 2 heterocycles. The van der Waals surface area contributed by atoms with Crippen LogP contribution in [-0.2, 0) is 9.59 Å². The lowest BCUT2D eigenvalue weighted by Gasteiger charge is -2.36. The second kappa shape index (κ2) is 7.76. The molecule has 2 aromatic carbocycles. The molecular weight excluding hydrogens is 338 g/mol. The summed E-state index contributed by atoms with van der Waals surface area (Å²) in [6.45, 7) is 3.27. The van der Waals surface area contributed by atoms with Crippen molar-refractivity contribution in [2.45, 2.75) is 12.5 Å². The summed E-state index contributed by atoms with van der Waals surface area (Å²) in [5, 5.41) is 0. The molecule has 138 valence electrons. The van der Waals surface area contributed by atoms with Crippen LogP contribution >= 0.6 is 0 Å². The highest BCUT2D eigenvalue weighted by molar-refractivity contribution is 6.22. The zero-order valence-corrected chi connectivity index (χ0v) is 15.2. The summed E-state index contributed by atoms with van der Waals surface area (Å²) in [5.41, 5.74) is 1.84. The van der Waals surface area contributed by atoms with Gasteiger partial charge >= 0.3 is 0 Å². The lowest BCUT2D eigenvalue weighted by molar-refractivity contribution is -0.123. The number of imide groups is 1. The fraction of sp³-hybridized carbons (Fsp3) is 0.273. The summed E-state index contributed by atoms with van der Waals surface area (Å²) in [5.74, 6) is -0.206. The van der Waals surface area contributed by atoms with E-state index in [1.54, 1.807) is 0 Å². The first kappa shape index (κ1) is 17.5. The summed E-state index contributed by atoms with van der Waals surface area (Å²) in [4.78, 5) is 31.0. The summed E-state index contributed by atoms with van der Waals surface area (Å²) in [7, 11) is 0. The van der Waals surface area contributed by atoms with Gasteiger partial charge in [0.05, 0.1) is 18.2 Å². The SMILES string of the molecule is O=C1CC(N2CCN(/C=C/c3ccccc3)CC2)C(=O)N1c1ccccc1. The normalized spacial score (nSPS) is 21.4. The molecule has 5 heteroatoms. The van der Waals surface area contributed by atoms with E-state index in [-0.39, 0.29) is 24.3 Å². The van der Waals surface area contributed by atoms with Gasteiger partial charge in [0.2, 0.25) is 5.91 Å². The fourth-order valence-corrected chi connectivity index (χ4v) is 3.70. The zero-order valence-electron chi connectivity index (χ0n) is 15.2. The molecule has 4 rings (SSSR count). The molecule has 0 bridgehead atoms. The Balaban J connectivity index is 1.37. The number of piperazine rings is 1. The lowest BCUT2D eigenvalue weighted by atomic mass is 10.1. The van der Waals surface area contributed by atoms with Crippen molar-refractivity contribution in [1.29, 1.82) is 0 Å². The van der Waals surface area contributed by atoms with Crippen LogP contribution in [0.4, 0.5) is 5.69 Å². The van der Waals surface area contributed by atoms with Crippen LogP contribution < -0.4 is 4.90 Å². The van der Waals surface area contributed by atoms with Crippen molar-refractivity contribution in [2.75, 3.05) is 31.1 Å². The van der Waals surface area contributed by atoms with Crippen molar-refractivity contribution in [3.8, 4) is 0 Å². The second-order valence-electron chi connectivity index (χ2n) is 6.92. The van der Waals surface area contributed by atoms with E-state index in [0.717, 1.165) is 26.2 Å². The molecule has 2 aliphatic heterocycles. The van der Waals surface area contributed by atoms with Crippen molar-refractivity contribution in [3.05, 3.63) is 72.4 Å². The molecule has 2 amide bonds. The molecule has 0 saturated carbocycles. The average Bonchev–Trinajstić information content (AvgIpc) is 3.02. The first-order chi connectivity index (χ1) is 13.2. The molecule has 2 saturated heterocycles. The van der Waals surface area contributed by atoms with Crippen LogP contribution in [0.5, 0.6) is 0 Å². The van der Waals surface area contributed by atoms with Gasteiger partial charge in [0.15, 0.2) is 0 Å². The number of hydrogen-bond donors (Lipinski definition) is 0. The molecule has 2 aliphatic rings. The number of para-hydroxylation sites is 1. The summed E-state index contributed by atoms with van der Waals surface area (Å²) in [6.07, 6.45) is 4.50. The van der Waals surface area contributed by atoms with Crippen molar-refractivity contribution in [2.24, 2.45) is 0 Å². The maximum absolute atomic E-state index is 12.8. The number of amides is 2. The van der Waals surface area contributed by atoms with E-state index < -0.39 is 0 Å². The van der Waals surface area contributed by atoms with Gasteiger partial charge in [-0.25, -0.2) is 4.90 Å². The molecule has 1 unspecified atom stereocenters. The van der Waals surface area contributed by atoms with Crippen LogP contribution in [0.3, 0.4) is 0 Å². The Labute approximate surface area is 159 Å². The van der Waals surface area contributed by atoms with Crippen molar-refractivity contribution in [3.63, 3.8) is 0 Å². The van der Waals surface area contributed by atoms with Crippen LogP contribution in [0.25, 0.3) is 6.08 Å². The Hall–Kier alpha value is -2.92. The largest absolute Gasteiger partial charge is 0.375 e. The second-order valence-corrected chi connectivity index (χ2v) is 6.92. The molecule has 2 aromatic rings. The first-order valence-electron chi connectivity index (χ1n) is 9.35. The maximum atomic E-state index is 12.8. The predicted molar refractivity (Wildman–Crippen MR) is 106 cm³/mol. The number of hydrogen-bond acceptors (Lipinski definition) is 4. The van der Waals surface area contributed by atoms with E-state index >= 15 is 0 Å². The molecule has 0 radical (unpaired) electrons. The van der Waals surface area contributed by atoms with Gasteiger partial charge in [-0.2, -0.15) is 0 Å². The molecular formula is C22H23N3O2. The van der Waals surface area contributed by atoms with E-state index in [0.29, 0.717) is 5.69 Å². The van der Waals surface area contributed by atoms with E-state index in [1.165, 1.54) is 10.5 Å². The highest BCUT2D eigenvalue weighted by Gasteiger charge is 2.43. The summed E-state index contributed by atoms with van der Waals surface area (Å²) >= 11 is 0. The smallest absolute Gasteiger partial charge is 0.251 e. The van der Waals surface area contributed by atoms with E-state index in [4.69, 9.17) is 0 Å². The quantitative estimate of drug-likeness (QED) is 0.786. The Bertz CT molecular complexity index is 827. The zero-order chi connectivity index (χ0) is 18.6. The molecule has 0 spiro atoms. The molecule has 0 N–H and O–H groups in total. The van der Waals surface area contributed by atoms with Crippen molar-refractivity contribution < 1.29 is 9.59 Å². The minimum Gasteiger partial charge on any atom is -0.375 e. The minimum atomic E-state index is -0.335. The van der Waals surface area contributed by atoms with Gasteiger partial charge in [-0.15, -0.1) is 0 Å². The monoisotopic (exact) mass is 361 g/mol. The standard InChI is InChI=1S/C22H23N3O2/c26-21-17-20(22(27)25(21)19-9-5-2-6-10-19)24-15-13-23(14-16-24)12-11-18-7-3-1-4-8-18/h1-12,20H,13-17H2/b12-11+. The number of benzene rings is 2. The van der Waals surface area contributed by atoms with Gasteiger partial charge in [-0.3, -0.25) is 14.5 Å². The van der Waals surface area contributed by atoms with Crippen LogP contribution in [-0.4, -0.2) is 53.8 Å². The Morgan fingerprint density at radius 1 is 0.815 bits per heavy atom. The molecule has 5 nitrogen and oxygen atoms in total. The predicted octanol–water partition coefficient (Wildman–Crippen LogP) is 2.61. The lowest BCUT2D eigenvalue weighted by Crippen LogP contribution is -2.51. The van der Waals surface area contributed by atoms with Crippen LogP contribution in [0.2, 0.25) is 0 Å². The number of rotatable bonds is 4. The number of nitrogens with zero attached hydrogens (tertiary/aromatic N) is 3. The summed E-state index contributed by atoms with van der Waals surface area (Å²) < 4.78 is 0. The highest BCUT2D eigenvalue weighted by atomic mass is 16.2. The Morgan fingerprint density at radius 3 is 2.11 bits per heavy atom. The summed E-state index contributed by atoms with van der Waals surface area (Å²) in [6, 6.07) is 19.1. The number of carbonyl (C=O) groups excluding carboxylic acids is 2. The topological polar surface area (TPSA) is 43.9 Å². The van der Waals surface area contributed by atoms with Crippen LogP contribution in [0.1, 0.15) is 12.0 Å². The van der Waals surface area contributed by atoms with E-state index in [9.17, 15) is 9.59 Å². The van der Waals surface area contributed by atoms with Gasteiger partial charge in [0.25, 0.3) is 5.91 Å². The van der Waals surface area contributed by atoms with Gasteiger partial charge in [0.1, 0.15) is 0 Å². The van der Waals surface area contributed by atoms with Crippen molar-refractivity contribution in [1.82, 2.24) is 9.80 Å². The Kier molecular flexibility index (Phi) is 5.03. The maximum Gasteiger partial charge on any atom is 0.251 e. The van der Waals surface area contributed by atoms with E-state index in [2.05, 4.69) is 34.2 Å². The third-order valence-corrected chi connectivity index (χ3v) is 5.20. The number of carbonyl (C=O) groups is 2. The van der Waals surface area contributed by atoms with Gasteiger partial charge in [-0.1, -0.05) is 48.5 Å².